The molecule has 0 aliphatic carbocycles. The quantitative estimate of drug-likeness (QED) is 0.658. The van der Waals surface area contributed by atoms with Crippen molar-refractivity contribution >= 4 is 16.8 Å². The van der Waals surface area contributed by atoms with E-state index >= 15 is 0 Å². The minimum atomic E-state index is -0.203. The fourth-order valence-electron chi connectivity index (χ4n) is 3.01. The van der Waals surface area contributed by atoms with E-state index in [2.05, 4.69) is 23.8 Å². The number of para-hydroxylation sites is 1. The van der Waals surface area contributed by atoms with Gasteiger partial charge >= 0.3 is 0 Å². The Morgan fingerprint density at radius 2 is 1.86 bits per heavy atom. The zero-order valence-electron chi connectivity index (χ0n) is 17.3. The topological polar surface area (TPSA) is 75.3 Å². The van der Waals surface area contributed by atoms with Crippen molar-refractivity contribution in [1.29, 1.82) is 0 Å². The van der Waals surface area contributed by atoms with Gasteiger partial charge in [-0.05, 0) is 50.1 Å². The molecular weight excluding hydrogens is 366 g/mol. The van der Waals surface area contributed by atoms with Crippen molar-refractivity contribution in [2.45, 2.75) is 40.3 Å². The largest absolute Gasteiger partial charge is 0.493 e. The third kappa shape index (κ3) is 5.02. The first-order valence-corrected chi connectivity index (χ1v) is 9.87. The summed E-state index contributed by atoms with van der Waals surface area (Å²) in [5.74, 6) is 1.40. The van der Waals surface area contributed by atoms with Gasteiger partial charge in [-0.25, -0.2) is 4.98 Å². The molecule has 1 aromatic heterocycles. The molecular formula is C23H27N3O3. The average Bonchev–Trinajstić information content (AvgIpc) is 2.70. The second kappa shape index (κ2) is 8.90. The van der Waals surface area contributed by atoms with Crippen LogP contribution in [-0.4, -0.2) is 33.4 Å². The lowest BCUT2D eigenvalue weighted by atomic mass is 10.1. The highest BCUT2D eigenvalue weighted by Gasteiger charge is 2.21. The highest BCUT2D eigenvalue weighted by Crippen LogP contribution is 2.18. The molecule has 29 heavy (non-hydrogen) atoms. The number of rotatable bonds is 7. The van der Waals surface area contributed by atoms with Gasteiger partial charge in [0.1, 0.15) is 11.6 Å². The number of H-pyrrole nitrogens is 1. The Morgan fingerprint density at radius 1 is 1.10 bits per heavy atom. The zero-order chi connectivity index (χ0) is 21.0. The highest BCUT2D eigenvalue weighted by molar-refractivity contribution is 5.94. The molecule has 2 aromatic carbocycles. The molecule has 0 unspecified atom stereocenters. The van der Waals surface area contributed by atoms with E-state index in [1.807, 2.05) is 32.0 Å². The van der Waals surface area contributed by atoms with E-state index in [9.17, 15) is 9.59 Å². The summed E-state index contributed by atoms with van der Waals surface area (Å²) in [7, 11) is 0. The molecule has 0 atom stereocenters. The van der Waals surface area contributed by atoms with Gasteiger partial charge in [-0.15, -0.1) is 0 Å². The SMILES string of the molecule is CC(C)COc1cccc(C(=O)N(Cc2nc3ccccc3c(=O)[nH]2)C(C)C)c1. The Hall–Kier alpha value is -3.15. The van der Waals surface area contributed by atoms with Crippen LogP contribution < -0.4 is 10.3 Å². The van der Waals surface area contributed by atoms with Crippen LogP contribution in [0.5, 0.6) is 5.75 Å². The average molecular weight is 393 g/mol. The molecule has 1 N–H and O–H groups in total. The van der Waals surface area contributed by atoms with Gasteiger partial charge in [0.15, 0.2) is 0 Å². The van der Waals surface area contributed by atoms with Crippen molar-refractivity contribution in [2.75, 3.05) is 6.61 Å². The summed E-state index contributed by atoms with van der Waals surface area (Å²) >= 11 is 0. The van der Waals surface area contributed by atoms with Crippen molar-refractivity contribution < 1.29 is 9.53 Å². The molecule has 0 aliphatic rings. The molecule has 0 aliphatic heterocycles. The molecule has 0 saturated carbocycles. The number of carbonyl (C=O) groups excluding carboxylic acids is 1. The van der Waals surface area contributed by atoms with Gasteiger partial charge in [0, 0.05) is 11.6 Å². The van der Waals surface area contributed by atoms with E-state index in [0.717, 1.165) is 0 Å². The van der Waals surface area contributed by atoms with Gasteiger partial charge in [0.2, 0.25) is 0 Å². The van der Waals surface area contributed by atoms with Crippen LogP contribution in [0.4, 0.5) is 0 Å². The number of aromatic amines is 1. The zero-order valence-corrected chi connectivity index (χ0v) is 17.3. The molecule has 0 saturated heterocycles. The summed E-state index contributed by atoms with van der Waals surface area (Å²) in [5, 5.41) is 0.536. The first-order chi connectivity index (χ1) is 13.8. The van der Waals surface area contributed by atoms with Crippen LogP contribution in [0.25, 0.3) is 10.9 Å². The minimum Gasteiger partial charge on any atom is -0.493 e. The summed E-state index contributed by atoms with van der Waals surface area (Å²) in [6, 6.07) is 14.3. The number of nitrogens with zero attached hydrogens (tertiary/aromatic N) is 2. The summed E-state index contributed by atoms with van der Waals surface area (Å²) in [4.78, 5) is 34.5. The van der Waals surface area contributed by atoms with Crippen LogP contribution in [0.3, 0.4) is 0 Å². The lowest BCUT2D eigenvalue weighted by Gasteiger charge is -2.26. The predicted octanol–water partition coefficient (Wildman–Crippen LogP) is 4.01. The van der Waals surface area contributed by atoms with Crippen molar-refractivity contribution in [3.05, 3.63) is 70.3 Å². The van der Waals surface area contributed by atoms with Crippen molar-refractivity contribution in [1.82, 2.24) is 14.9 Å². The molecule has 3 aromatic rings. The fourth-order valence-corrected chi connectivity index (χ4v) is 3.01. The third-order valence-electron chi connectivity index (χ3n) is 4.53. The predicted molar refractivity (Wildman–Crippen MR) is 114 cm³/mol. The van der Waals surface area contributed by atoms with Crippen LogP contribution >= 0.6 is 0 Å². The molecule has 0 fully saturated rings. The smallest absolute Gasteiger partial charge is 0.258 e. The number of aromatic nitrogens is 2. The molecule has 0 bridgehead atoms. The number of amides is 1. The van der Waals surface area contributed by atoms with Gasteiger partial charge in [-0.2, -0.15) is 0 Å². The molecule has 0 radical (unpaired) electrons. The van der Waals surface area contributed by atoms with Gasteiger partial charge < -0.3 is 14.6 Å². The number of nitrogens with one attached hydrogen (secondary N) is 1. The maximum absolute atomic E-state index is 13.2. The summed E-state index contributed by atoms with van der Waals surface area (Å²) in [5.41, 5.74) is 0.959. The number of hydrogen-bond acceptors (Lipinski definition) is 4. The van der Waals surface area contributed by atoms with Gasteiger partial charge in [0.25, 0.3) is 11.5 Å². The van der Waals surface area contributed by atoms with Crippen LogP contribution in [0.15, 0.2) is 53.3 Å². The molecule has 6 nitrogen and oxygen atoms in total. The molecule has 3 rings (SSSR count). The molecule has 1 heterocycles. The van der Waals surface area contributed by atoms with Crippen LogP contribution in [0, 0.1) is 5.92 Å². The van der Waals surface area contributed by atoms with Crippen LogP contribution in [0.2, 0.25) is 0 Å². The number of benzene rings is 2. The molecule has 6 heteroatoms. The highest BCUT2D eigenvalue weighted by atomic mass is 16.5. The second-order valence-corrected chi connectivity index (χ2v) is 7.79. The Bertz CT molecular complexity index is 1060. The van der Waals surface area contributed by atoms with Gasteiger partial charge in [-0.1, -0.05) is 32.0 Å². The van der Waals surface area contributed by atoms with Gasteiger partial charge in [0.05, 0.1) is 24.1 Å². The first-order valence-electron chi connectivity index (χ1n) is 9.87. The van der Waals surface area contributed by atoms with Crippen molar-refractivity contribution in [3.63, 3.8) is 0 Å². The van der Waals surface area contributed by atoms with Crippen LogP contribution in [-0.2, 0) is 6.54 Å². The summed E-state index contributed by atoms with van der Waals surface area (Å²) < 4.78 is 5.75. The van der Waals surface area contributed by atoms with E-state index in [1.54, 1.807) is 35.2 Å². The molecule has 152 valence electrons. The van der Waals surface area contributed by atoms with E-state index in [-0.39, 0.29) is 24.1 Å². The minimum absolute atomic E-state index is 0.0699. The monoisotopic (exact) mass is 393 g/mol. The van der Waals surface area contributed by atoms with E-state index in [1.165, 1.54) is 0 Å². The van der Waals surface area contributed by atoms with E-state index in [4.69, 9.17) is 4.74 Å². The number of hydrogen-bond donors (Lipinski definition) is 1. The maximum atomic E-state index is 13.2. The Morgan fingerprint density at radius 3 is 2.59 bits per heavy atom. The maximum Gasteiger partial charge on any atom is 0.258 e. The lowest BCUT2D eigenvalue weighted by Crippen LogP contribution is -2.37. The Balaban J connectivity index is 1.86. The first kappa shape index (κ1) is 20.6. The Kier molecular flexibility index (Phi) is 6.32. The fraction of sp³-hybridized carbons (Fsp3) is 0.348. The number of ether oxygens (including phenoxy) is 1. The Labute approximate surface area is 170 Å². The number of fused-ring (bicyclic) bond motifs is 1. The van der Waals surface area contributed by atoms with Gasteiger partial charge in [-0.3, -0.25) is 9.59 Å². The van der Waals surface area contributed by atoms with Crippen molar-refractivity contribution in [3.8, 4) is 5.75 Å². The van der Waals surface area contributed by atoms with Crippen molar-refractivity contribution in [2.24, 2.45) is 5.92 Å². The lowest BCUT2D eigenvalue weighted by molar-refractivity contribution is 0.0684. The third-order valence-corrected chi connectivity index (χ3v) is 4.53. The van der Waals surface area contributed by atoms with E-state index < -0.39 is 0 Å². The number of carbonyl (C=O) groups is 1. The molecule has 0 spiro atoms. The summed E-state index contributed by atoms with van der Waals surface area (Å²) in [6.07, 6.45) is 0. The second-order valence-electron chi connectivity index (χ2n) is 7.79. The molecule has 1 amide bonds. The standard InChI is InChI=1S/C23H27N3O3/c1-15(2)14-29-18-9-7-8-17(12-18)23(28)26(16(3)4)13-21-24-20-11-6-5-10-19(20)22(27)25-21/h5-12,15-16H,13-14H2,1-4H3,(H,24,25,27). The van der Waals surface area contributed by atoms with E-state index in [0.29, 0.717) is 40.6 Å². The summed E-state index contributed by atoms with van der Waals surface area (Å²) in [6.45, 7) is 8.84. The normalized spacial score (nSPS) is 11.2. The van der Waals surface area contributed by atoms with Crippen LogP contribution in [0.1, 0.15) is 43.9 Å².